The molecule has 4 aliphatic rings. The zero-order chi connectivity index (χ0) is 26.1. The average molecular weight is 497 g/mol. The van der Waals surface area contributed by atoms with E-state index in [1.807, 2.05) is 0 Å². The van der Waals surface area contributed by atoms with Gasteiger partial charge in [0.15, 0.2) is 18.0 Å². The summed E-state index contributed by atoms with van der Waals surface area (Å²) in [6.45, 7) is 6.67. The van der Waals surface area contributed by atoms with Crippen LogP contribution in [0, 0.1) is 28.6 Å². The van der Waals surface area contributed by atoms with E-state index in [4.69, 9.17) is 9.47 Å². The van der Waals surface area contributed by atoms with Crippen molar-refractivity contribution in [2.75, 3.05) is 6.61 Å². The number of aliphatic hydroxyl groups excluding tert-OH is 1. The van der Waals surface area contributed by atoms with Crippen LogP contribution in [-0.2, 0) is 28.7 Å². The summed E-state index contributed by atoms with van der Waals surface area (Å²) < 4.78 is 43.6. The van der Waals surface area contributed by atoms with E-state index in [-0.39, 0.29) is 43.5 Å². The van der Waals surface area contributed by atoms with Crippen LogP contribution in [0.1, 0.15) is 66.7 Å². The van der Waals surface area contributed by atoms with E-state index >= 15 is 8.78 Å². The lowest BCUT2D eigenvalue weighted by molar-refractivity contribution is -0.238. The molecule has 0 saturated heterocycles. The molecule has 0 aliphatic heterocycles. The van der Waals surface area contributed by atoms with Gasteiger partial charge in [0.1, 0.15) is 11.8 Å². The second-order valence-electron chi connectivity index (χ2n) is 11.4. The average Bonchev–Trinajstić information content (AvgIpc) is 2.97. The predicted molar refractivity (Wildman–Crippen MR) is 119 cm³/mol. The Hall–Kier alpha value is -2.16. The van der Waals surface area contributed by atoms with Gasteiger partial charge in [-0.15, -0.1) is 0 Å². The Morgan fingerprint density at radius 3 is 2.40 bits per heavy atom. The van der Waals surface area contributed by atoms with Crippen molar-refractivity contribution in [3.8, 4) is 0 Å². The molecule has 0 aromatic carbocycles. The molecule has 3 fully saturated rings. The van der Waals surface area contributed by atoms with Crippen molar-refractivity contribution in [2.45, 2.75) is 90.3 Å². The Balaban J connectivity index is 1.84. The van der Waals surface area contributed by atoms with E-state index in [9.17, 15) is 24.3 Å². The molecule has 0 aromatic heterocycles. The maximum atomic E-state index is 17.3. The highest BCUT2D eigenvalue weighted by atomic mass is 19.1. The lowest BCUT2D eigenvalue weighted by atomic mass is 9.43. The van der Waals surface area contributed by atoms with E-state index in [1.54, 1.807) is 20.8 Å². The van der Waals surface area contributed by atoms with E-state index in [0.29, 0.717) is 0 Å². The Morgan fingerprint density at radius 1 is 1.14 bits per heavy atom. The van der Waals surface area contributed by atoms with Crippen molar-refractivity contribution in [1.29, 1.82) is 0 Å². The van der Waals surface area contributed by atoms with Crippen LogP contribution in [0.4, 0.5) is 8.78 Å². The molecule has 9 heteroatoms. The van der Waals surface area contributed by atoms with Crippen molar-refractivity contribution < 1.29 is 42.5 Å². The first kappa shape index (κ1) is 25.9. The van der Waals surface area contributed by atoms with E-state index in [2.05, 4.69) is 0 Å². The highest BCUT2D eigenvalue weighted by Crippen LogP contribution is 2.72. The van der Waals surface area contributed by atoms with E-state index in [0.717, 1.165) is 6.92 Å². The standard InChI is InChI=1S/C26H34F2O7/c1-13-8-17-18-10-20(27)19-9-16(31)6-7-23(19,4)25(18,28)21(32)11-24(17,5)26(13,35-15(3)30)22(33)12-34-14(2)29/h9,13,17-18,20-21,32H,6-8,10-12H2,1-5H3/t13-,17-,18-,20-,21-,23-,24-,25-,26+/m0/s1. The molecule has 194 valence electrons. The predicted octanol–water partition coefficient (Wildman–Crippen LogP) is 3.21. The summed E-state index contributed by atoms with van der Waals surface area (Å²) >= 11 is 0. The molecule has 0 spiro atoms. The van der Waals surface area contributed by atoms with Crippen molar-refractivity contribution in [1.82, 2.24) is 0 Å². The summed E-state index contributed by atoms with van der Waals surface area (Å²) in [5.74, 6) is -4.45. The van der Waals surface area contributed by atoms with Gasteiger partial charge in [-0.25, -0.2) is 8.78 Å². The van der Waals surface area contributed by atoms with Gasteiger partial charge in [-0.2, -0.15) is 0 Å². The van der Waals surface area contributed by atoms with Gasteiger partial charge in [-0.1, -0.05) is 20.8 Å². The summed E-state index contributed by atoms with van der Waals surface area (Å²) in [5.41, 5.74) is -6.50. The summed E-state index contributed by atoms with van der Waals surface area (Å²) in [6.07, 6.45) is -2.00. The summed E-state index contributed by atoms with van der Waals surface area (Å²) in [5, 5.41) is 11.4. The smallest absolute Gasteiger partial charge is 0.303 e. The SMILES string of the molecule is CC(=O)OCC(=O)[C@]1(OC(C)=O)[C@@H](C)C[C@H]2[C@@H]3C[C@H](F)C4=CC(=O)CC[C@]4(C)[C@@]3(F)[C@@H](O)C[C@@]21C. The Kier molecular flexibility index (Phi) is 6.06. The molecule has 0 aromatic rings. The molecule has 35 heavy (non-hydrogen) atoms. The number of halogens is 2. The Bertz CT molecular complexity index is 1010. The van der Waals surface area contributed by atoms with Gasteiger partial charge >= 0.3 is 11.9 Å². The molecule has 0 heterocycles. The number of ether oxygens (including phenoxy) is 2. The zero-order valence-electron chi connectivity index (χ0n) is 20.9. The van der Waals surface area contributed by atoms with Crippen LogP contribution in [0.25, 0.3) is 0 Å². The molecule has 4 rings (SSSR count). The first-order chi connectivity index (χ1) is 16.1. The first-order valence-corrected chi connectivity index (χ1v) is 12.3. The first-order valence-electron chi connectivity index (χ1n) is 12.3. The maximum Gasteiger partial charge on any atom is 0.303 e. The maximum absolute atomic E-state index is 17.3. The van der Waals surface area contributed by atoms with Crippen LogP contribution >= 0.6 is 0 Å². The number of allylic oxidation sites excluding steroid dienone is 1. The molecule has 3 saturated carbocycles. The van der Waals surface area contributed by atoms with Gasteiger partial charge in [-0.3, -0.25) is 19.2 Å². The minimum Gasteiger partial charge on any atom is -0.458 e. The molecule has 4 aliphatic carbocycles. The van der Waals surface area contributed by atoms with Crippen molar-refractivity contribution in [3.05, 3.63) is 11.6 Å². The molecule has 9 atom stereocenters. The van der Waals surface area contributed by atoms with E-state index in [1.165, 1.54) is 13.0 Å². The number of Topliss-reactive ketones (excluding diaryl/α,β-unsaturated/α-hetero) is 1. The van der Waals surface area contributed by atoms with Crippen molar-refractivity contribution in [2.24, 2.45) is 28.6 Å². The van der Waals surface area contributed by atoms with Gasteiger partial charge in [0.2, 0.25) is 5.78 Å². The fourth-order valence-electron chi connectivity index (χ4n) is 8.25. The molecule has 0 amide bonds. The molecular formula is C26H34F2O7. The number of rotatable bonds is 4. The normalized spacial score (nSPS) is 46.6. The molecule has 0 radical (unpaired) electrons. The topological polar surface area (TPSA) is 107 Å². The number of hydrogen-bond donors (Lipinski definition) is 1. The van der Waals surface area contributed by atoms with Crippen LogP contribution in [0.5, 0.6) is 0 Å². The minimum atomic E-state index is -2.22. The van der Waals surface area contributed by atoms with Gasteiger partial charge in [0.05, 0.1) is 6.10 Å². The Labute approximate surface area is 203 Å². The number of carbonyl (C=O) groups is 4. The Morgan fingerprint density at radius 2 is 1.80 bits per heavy atom. The van der Waals surface area contributed by atoms with Gasteiger partial charge < -0.3 is 14.6 Å². The number of ketones is 2. The third-order valence-corrected chi connectivity index (χ3v) is 9.69. The third-order valence-electron chi connectivity index (χ3n) is 9.69. The number of fused-ring (bicyclic) bond motifs is 5. The van der Waals surface area contributed by atoms with Gasteiger partial charge in [0.25, 0.3) is 0 Å². The van der Waals surface area contributed by atoms with Crippen LogP contribution in [0.15, 0.2) is 11.6 Å². The van der Waals surface area contributed by atoms with Gasteiger partial charge in [0, 0.05) is 42.9 Å². The minimum absolute atomic E-state index is 0.0639. The zero-order valence-corrected chi connectivity index (χ0v) is 20.9. The lowest BCUT2D eigenvalue weighted by Gasteiger charge is -2.64. The van der Waals surface area contributed by atoms with Crippen LogP contribution in [0.3, 0.4) is 0 Å². The van der Waals surface area contributed by atoms with Crippen LogP contribution in [0.2, 0.25) is 0 Å². The number of esters is 2. The highest BCUT2D eigenvalue weighted by Gasteiger charge is 2.78. The number of aliphatic hydroxyl groups is 1. The molecular weight excluding hydrogens is 462 g/mol. The molecule has 0 bridgehead atoms. The quantitative estimate of drug-likeness (QED) is 0.596. The number of alkyl halides is 2. The third kappa shape index (κ3) is 3.29. The second kappa shape index (κ2) is 8.18. The van der Waals surface area contributed by atoms with Crippen LogP contribution < -0.4 is 0 Å². The molecule has 7 nitrogen and oxygen atoms in total. The summed E-state index contributed by atoms with van der Waals surface area (Å²) in [6, 6.07) is 0. The van der Waals surface area contributed by atoms with Crippen molar-refractivity contribution >= 4 is 23.5 Å². The molecule has 0 unspecified atom stereocenters. The summed E-state index contributed by atoms with van der Waals surface area (Å²) in [4.78, 5) is 49.3. The van der Waals surface area contributed by atoms with Gasteiger partial charge in [-0.05, 0) is 43.3 Å². The number of hydrogen-bond acceptors (Lipinski definition) is 7. The monoisotopic (exact) mass is 496 g/mol. The molecule has 1 N–H and O–H groups in total. The van der Waals surface area contributed by atoms with Crippen molar-refractivity contribution in [3.63, 3.8) is 0 Å². The fourth-order valence-corrected chi connectivity index (χ4v) is 8.25. The second-order valence-corrected chi connectivity index (χ2v) is 11.4. The highest BCUT2D eigenvalue weighted by molar-refractivity contribution is 5.94. The fraction of sp³-hybridized carbons (Fsp3) is 0.769. The summed E-state index contributed by atoms with van der Waals surface area (Å²) in [7, 11) is 0. The largest absolute Gasteiger partial charge is 0.458 e. The number of carbonyl (C=O) groups excluding carboxylic acids is 4. The van der Waals surface area contributed by atoms with E-state index < -0.39 is 76.5 Å². The lowest BCUT2D eigenvalue weighted by Crippen LogP contribution is -2.71. The van der Waals surface area contributed by atoms with Crippen LogP contribution in [-0.4, -0.2) is 58.8 Å².